The topological polar surface area (TPSA) is 66.8 Å². The van der Waals surface area contributed by atoms with Gasteiger partial charge in [-0.2, -0.15) is 13.2 Å². The maximum absolute atomic E-state index is 11.7. The highest BCUT2D eigenvalue weighted by Crippen LogP contribution is 2.25. The van der Waals surface area contributed by atoms with Gasteiger partial charge in [-0.05, 0) is 58.5 Å². The highest BCUT2D eigenvalue weighted by atomic mass is 19.4. The van der Waals surface area contributed by atoms with Gasteiger partial charge in [0.15, 0.2) is 0 Å². The molecule has 1 N–H and O–H groups in total. The van der Waals surface area contributed by atoms with Crippen LogP contribution in [-0.4, -0.2) is 53.9 Å². The lowest BCUT2D eigenvalue weighted by molar-refractivity contribution is -0.192. The third kappa shape index (κ3) is 7.90. The lowest BCUT2D eigenvalue weighted by Crippen LogP contribution is -2.43. The average Bonchev–Trinajstić information content (AvgIpc) is 2.84. The summed E-state index contributed by atoms with van der Waals surface area (Å²) in [4.78, 5) is 23.2. The Morgan fingerprint density at radius 3 is 2.00 bits per heavy atom. The zero-order valence-electron chi connectivity index (χ0n) is 14.4. The number of aliphatic carboxylic acids is 1. The molecule has 0 aromatic heterocycles. The van der Waals surface area contributed by atoms with Gasteiger partial charge in [-0.1, -0.05) is 12.2 Å². The molecule has 1 aliphatic heterocycles. The molecule has 144 valence electrons. The van der Waals surface area contributed by atoms with Crippen molar-refractivity contribution in [1.82, 2.24) is 4.90 Å². The molecule has 1 aliphatic carbocycles. The number of rotatable bonds is 3. The maximum atomic E-state index is 11.7. The van der Waals surface area contributed by atoms with Crippen molar-refractivity contribution in [2.75, 3.05) is 19.7 Å². The SMILES string of the molecule is CCOC(=O)C1CCN(C2CCC=CCC2)CC1.O=C(O)C(F)(F)F. The van der Waals surface area contributed by atoms with Crippen molar-refractivity contribution >= 4 is 11.9 Å². The van der Waals surface area contributed by atoms with Crippen LogP contribution in [0.25, 0.3) is 0 Å². The molecule has 0 radical (unpaired) electrons. The number of carboxylic acids is 1. The fourth-order valence-corrected chi connectivity index (χ4v) is 3.08. The molecule has 5 nitrogen and oxygen atoms in total. The number of ether oxygens (including phenoxy) is 1. The number of likely N-dealkylation sites (tertiary alicyclic amines) is 1. The van der Waals surface area contributed by atoms with Crippen molar-refractivity contribution in [3.05, 3.63) is 12.2 Å². The summed E-state index contributed by atoms with van der Waals surface area (Å²) < 4.78 is 36.9. The highest BCUT2D eigenvalue weighted by molar-refractivity contribution is 5.73. The van der Waals surface area contributed by atoms with E-state index < -0.39 is 12.1 Å². The number of esters is 1. The molecule has 8 heteroatoms. The summed E-state index contributed by atoms with van der Waals surface area (Å²) >= 11 is 0. The maximum Gasteiger partial charge on any atom is 0.490 e. The normalized spacial score (nSPS) is 20.3. The van der Waals surface area contributed by atoms with Crippen LogP contribution in [0.15, 0.2) is 12.2 Å². The van der Waals surface area contributed by atoms with E-state index in [4.69, 9.17) is 14.6 Å². The number of allylic oxidation sites excluding steroid dienone is 2. The van der Waals surface area contributed by atoms with Crippen LogP contribution in [0.3, 0.4) is 0 Å². The minimum atomic E-state index is -5.08. The van der Waals surface area contributed by atoms with Crippen molar-refractivity contribution in [1.29, 1.82) is 0 Å². The van der Waals surface area contributed by atoms with E-state index in [1.165, 1.54) is 25.7 Å². The minimum absolute atomic E-state index is 0.0136. The summed E-state index contributed by atoms with van der Waals surface area (Å²) in [6.45, 7) is 4.52. The molecule has 0 aromatic rings. The quantitative estimate of drug-likeness (QED) is 0.613. The van der Waals surface area contributed by atoms with Gasteiger partial charge in [0.05, 0.1) is 12.5 Å². The molecular formula is C17H26F3NO4. The second-order valence-corrected chi connectivity index (χ2v) is 6.15. The number of halogens is 3. The standard InChI is InChI=1S/C15H25NO2.C2HF3O2/c1-2-18-15(17)13-9-11-16(12-10-13)14-7-5-3-4-6-8-14;3-2(4,5)1(6)7/h3-4,13-14H,2,5-12H2,1H3;(H,6,7). The van der Waals surface area contributed by atoms with E-state index in [0.717, 1.165) is 32.0 Å². The highest BCUT2D eigenvalue weighted by Gasteiger charge is 2.38. The zero-order chi connectivity index (χ0) is 18.9. The summed E-state index contributed by atoms with van der Waals surface area (Å²) in [6, 6.07) is 0.725. The first-order valence-corrected chi connectivity index (χ1v) is 8.61. The second-order valence-electron chi connectivity index (χ2n) is 6.15. The molecule has 1 fully saturated rings. The van der Waals surface area contributed by atoms with Gasteiger partial charge in [-0.3, -0.25) is 4.79 Å². The Hall–Kier alpha value is -1.57. The van der Waals surface area contributed by atoms with Crippen LogP contribution < -0.4 is 0 Å². The van der Waals surface area contributed by atoms with Crippen LogP contribution in [0.4, 0.5) is 13.2 Å². The Morgan fingerprint density at radius 1 is 1.12 bits per heavy atom. The van der Waals surface area contributed by atoms with E-state index in [1.54, 1.807) is 0 Å². The fourth-order valence-electron chi connectivity index (χ4n) is 3.08. The van der Waals surface area contributed by atoms with E-state index in [9.17, 15) is 18.0 Å². The van der Waals surface area contributed by atoms with E-state index in [2.05, 4.69) is 17.1 Å². The van der Waals surface area contributed by atoms with Crippen molar-refractivity contribution < 1.29 is 32.6 Å². The van der Waals surface area contributed by atoms with E-state index in [0.29, 0.717) is 6.61 Å². The first-order chi connectivity index (χ1) is 11.8. The van der Waals surface area contributed by atoms with Gasteiger partial charge in [0, 0.05) is 6.04 Å². The summed E-state index contributed by atoms with van der Waals surface area (Å²) in [6.07, 6.45) is 6.47. The summed E-state index contributed by atoms with van der Waals surface area (Å²) in [5, 5.41) is 7.12. The van der Waals surface area contributed by atoms with Gasteiger partial charge < -0.3 is 14.7 Å². The first-order valence-electron chi connectivity index (χ1n) is 8.61. The number of carboxylic acid groups (broad SMARTS) is 1. The lowest BCUT2D eigenvalue weighted by atomic mass is 9.94. The third-order valence-electron chi connectivity index (χ3n) is 4.41. The van der Waals surface area contributed by atoms with Crippen LogP contribution in [0.1, 0.15) is 45.4 Å². The Kier molecular flexibility index (Phi) is 8.96. The monoisotopic (exact) mass is 365 g/mol. The third-order valence-corrected chi connectivity index (χ3v) is 4.41. The predicted octanol–water partition coefficient (Wildman–Crippen LogP) is 3.39. The second kappa shape index (κ2) is 10.4. The van der Waals surface area contributed by atoms with Gasteiger partial charge in [0.25, 0.3) is 0 Å². The number of hydrogen-bond donors (Lipinski definition) is 1. The molecule has 2 rings (SSSR count). The lowest BCUT2D eigenvalue weighted by Gasteiger charge is -2.36. The van der Waals surface area contributed by atoms with Gasteiger partial charge in [-0.25, -0.2) is 4.79 Å². The number of alkyl halides is 3. The molecule has 1 saturated heterocycles. The minimum Gasteiger partial charge on any atom is -0.475 e. The van der Waals surface area contributed by atoms with Crippen LogP contribution >= 0.6 is 0 Å². The van der Waals surface area contributed by atoms with E-state index in [-0.39, 0.29) is 11.9 Å². The Morgan fingerprint density at radius 2 is 1.60 bits per heavy atom. The zero-order valence-corrected chi connectivity index (χ0v) is 14.4. The van der Waals surface area contributed by atoms with E-state index >= 15 is 0 Å². The number of carbonyl (C=O) groups excluding carboxylic acids is 1. The molecule has 0 amide bonds. The average molecular weight is 365 g/mol. The Bertz CT molecular complexity index is 447. The molecule has 2 aliphatic rings. The van der Waals surface area contributed by atoms with Crippen LogP contribution in [0, 0.1) is 5.92 Å². The van der Waals surface area contributed by atoms with Crippen molar-refractivity contribution in [3.63, 3.8) is 0 Å². The number of carbonyl (C=O) groups is 2. The molecule has 0 aromatic carbocycles. The Balaban J connectivity index is 0.000000381. The molecule has 1 heterocycles. The number of piperidine rings is 1. The van der Waals surface area contributed by atoms with Crippen molar-refractivity contribution in [3.8, 4) is 0 Å². The van der Waals surface area contributed by atoms with Crippen molar-refractivity contribution in [2.24, 2.45) is 5.92 Å². The molecule has 0 atom stereocenters. The Labute approximate surface area is 145 Å². The predicted molar refractivity (Wildman–Crippen MR) is 86.0 cm³/mol. The summed E-state index contributed by atoms with van der Waals surface area (Å²) in [5.74, 6) is -2.60. The van der Waals surface area contributed by atoms with Crippen LogP contribution in [-0.2, 0) is 14.3 Å². The number of nitrogens with zero attached hydrogens (tertiary/aromatic N) is 1. The van der Waals surface area contributed by atoms with Crippen LogP contribution in [0.5, 0.6) is 0 Å². The fraction of sp³-hybridized carbons (Fsp3) is 0.765. The smallest absolute Gasteiger partial charge is 0.475 e. The molecule has 0 unspecified atom stereocenters. The molecule has 25 heavy (non-hydrogen) atoms. The van der Waals surface area contributed by atoms with Crippen molar-refractivity contribution in [2.45, 2.75) is 57.7 Å². The molecular weight excluding hydrogens is 339 g/mol. The van der Waals surface area contributed by atoms with Gasteiger partial charge >= 0.3 is 18.1 Å². The largest absolute Gasteiger partial charge is 0.490 e. The first kappa shape index (κ1) is 21.5. The van der Waals surface area contributed by atoms with Gasteiger partial charge in [-0.15, -0.1) is 0 Å². The van der Waals surface area contributed by atoms with Gasteiger partial charge in [0.2, 0.25) is 0 Å². The summed E-state index contributed by atoms with van der Waals surface area (Å²) in [5.41, 5.74) is 0. The molecule has 0 saturated carbocycles. The van der Waals surface area contributed by atoms with Crippen LogP contribution in [0.2, 0.25) is 0 Å². The molecule has 0 bridgehead atoms. The van der Waals surface area contributed by atoms with Gasteiger partial charge in [0.1, 0.15) is 0 Å². The number of hydrogen-bond acceptors (Lipinski definition) is 4. The molecule has 0 spiro atoms. The van der Waals surface area contributed by atoms with E-state index in [1.807, 2.05) is 6.92 Å². The summed E-state index contributed by atoms with van der Waals surface area (Å²) in [7, 11) is 0.